The van der Waals surface area contributed by atoms with Gasteiger partial charge in [-0.1, -0.05) is 39.0 Å². The van der Waals surface area contributed by atoms with E-state index in [1.54, 1.807) is 0 Å². The van der Waals surface area contributed by atoms with E-state index in [9.17, 15) is 15.3 Å². The molecule has 0 saturated carbocycles. The molecule has 0 heterocycles. The predicted molar refractivity (Wildman–Crippen MR) is 164 cm³/mol. The Morgan fingerprint density at radius 1 is 0.463 bits per heavy atom. The Labute approximate surface area is 245 Å². The summed E-state index contributed by atoms with van der Waals surface area (Å²) >= 11 is 0. The van der Waals surface area contributed by atoms with Gasteiger partial charge in [-0.3, -0.25) is 0 Å². The molecular formula is C35H48O6. The normalized spacial score (nSPS) is 13.0. The molecule has 3 rings (SSSR count). The molecule has 6 nitrogen and oxygen atoms in total. The van der Waals surface area contributed by atoms with E-state index in [1.807, 2.05) is 59.7 Å². The second kappa shape index (κ2) is 14.7. The van der Waals surface area contributed by atoms with Gasteiger partial charge in [-0.25, -0.2) is 0 Å². The maximum Gasteiger partial charge on any atom is 0.126 e. The van der Waals surface area contributed by atoms with Gasteiger partial charge in [0, 0.05) is 41.9 Å². The molecule has 41 heavy (non-hydrogen) atoms. The molecule has 0 radical (unpaired) electrons. The van der Waals surface area contributed by atoms with E-state index in [-0.39, 0.29) is 24.7 Å². The summed E-state index contributed by atoms with van der Waals surface area (Å²) in [5, 5.41) is 33.3. The number of benzene rings is 3. The highest BCUT2D eigenvalue weighted by Gasteiger charge is 2.35. The lowest BCUT2D eigenvalue weighted by Crippen LogP contribution is -2.27. The van der Waals surface area contributed by atoms with Gasteiger partial charge in [0.2, 0.25) is 0 Å². The van der Waals surface area contributed by atoms with E-state index in [0.29, 0.717) is 62.6 Å². The van der Waals surface area contributed by atoms with Crippen molar-refractivity contribution in [2.24, 2.45) is 0 Å². The molecule has 1 unspecified atom stereocenters. The van der Waals surface area contributed by atoms with E-state index in [4.69, 9.17) is 14.2 Å². The Morgan fingerprint density at radius 3 is 0.976 bits per heavy atom. The third-order valence-electron chi connectivity index (χ3n) is 8.06. The Morgan fingerprint density at radius 2 is 0.707 bits per heavy atom. The topological polar surface area (TPSA) is 88.4 Å². The minimum absolute atomic E-state index is 0.184. The van der Waals surface area contributed by atoms with Crippen LogP contribution in [0, 0.1) is 0 Å². The summed E-state index contributed by atoms with van der Waals surface area (Å²) in [5.74, 6) is 0.795. The lowest BCUT2D eigenvalue weighted by Gasteiger charge is -2.35. The van der Waals surface area contributed by atoms with E-state index in [1.165, 1.54) is 0 Å². The van der Waals surface area contributed by atoms with Crippen LogP contribution in [0.25, 0.3) is 0 Å². The Bertz CT molecular complexity index is 1260. The van der Waals surface area contributed by atoms with Crippen LogP contribution in [0.1, 0.15) is 98.5 Å². The SMILES string of the molecule is CCOCc1cc(C(C)(c2cc(CC)c(O)c(CC)c2)c2cc(COCC)c(O)c(COCC)c2)cc(CC)c1O. The van der Waals surface area contributed by atoms with Gasteiger partial charge in [-0.05, 0) is 98.5 Å². The Kier molecular flexibility index (Phi) is 11.6. The zero-order valence-corrected chi connectivity index (χ0v) is 25.9. The van der Waals surface area contributed by atoms with Crippen molar-refractivity contribution in [2.75, 3.05) is 19.8 Å². The average Bonchev–Trinajstić information content (AvgIpc) is 2.98. The van der Waals surface area contributed by atoms with Gasteiger partial charge in [0.1, 0.15) is 17.2 Å². The largest absolute Gasteiger partial charge is 0.507 e. The van der Waals surface area contributed by atoms with Gasteiger partial charge < -0.3 is 29.5 Å². The molecule has 0 bridgehead atoms. The average molecular weight is 565 g/mol. The van der Waals surface area contributed by atoms with E-state index in [0.717, 1.165) is 38.9 Å². The fourth-order valence-electron chi connectivity index (χ4n) is 5.42. The fraction of sp³-hybridized carbons (Fsp3) is 0.486. The number of hydrogen-bond acceptors (Lipinski definition) is 6. The van der Waals surface area contributed by atoms with Crippen molar-refractivity contribution in [1.82, 2.24) is 0 Å². The minimum atomic E-state index is -0.713. The van der Waals surface area contributed by atoms with Gasteiger partial charge in [0.15, 0.2) is 0 Å². The number of hydrogen-bond donors (Lipinski definition) is 3. The first-order chi connectivity index (χ1) is 19.7. The summed E-state index contributed by atoms with van der Waals surface area (Å²) < 4.78 is 17.3. The molecule has 0 saturated heterocycles. The zero-order chi connectivity index (χ0) is 30.2. The lowest BCUT2D eigenvalue weighted by molar-refractivity contribution is 0.126. The molecule has 0 aliphatic carbocycles. The van der Waals surface area contributed by atoms with E-state index in [2.05, 4.69) is 25.1 Å². The zero-order valence-electron chi connectivity index (χ0n) is 25.9. The number of rotatable bonds is 15. The van der Waals surface area contributed by atoms with Crippen molar-refractivity contribution in [3.63, 3.8) is 0 Å². The van der Waals surface area contributed by atoms with Crippen LogP contribution in [-0.2, 0) is 58.7 Å². The van der Waals surface area contributed by atoms with Crippen LogP contribution in [0.5, 0.6) is 17.2 Å². The highest BCUT2D eigenvalue weighted by atomic mass is 16.5. The monoisotopic (exact) mass is 564 g/mol. The minimum Gasteiger partial charge on any atom is -0.507 e. The van der Waals surface area contributed by atoms with Crippen molar-refractivity contribution >= 4 is 0 Å². The summed E-state index contributed by atoms with van der Waals surface area (Å²) in [5.41, 5.74) is 7.01. The van der Waals surface area contributed by atoms with Gasteiger partial charge in [0.05, 0.1) is 19.8 Å². The number of ether oxygens (including phenoxy) is 3. The van der Waals surface area contributed by atoms with Gasteiger partial charge in [-0.15, -0.1) is 0 Å². The molecule has 0 fully saturated rings. The van der Waals surface area contributed by atoms with Gasteiger partial charge >= 0.3 is 0 Å². The number of phenolic OH excluding ortho intramolecular Hbond substituents is 3. The Hall–Kier alpha value is -3.06. The third-order valence-corrected chi connectivity index (χ3v) is 8.06. The summed E-state index contributed by atoms with van der Waals surface area (Å²) in [7, 11) is 0. The Balaban J connectivity index is 2.46. The smallest absolute Gasteiger partial charge is 0.126 e. The van der Waals surface area contributed by atoms with Crippen LogP contribution in [0.4, 0.5) is 0 Å². The molecule has 3 aromatic rings. The van der Waals surface area contributed by atoms with Crippen molar-refractivity contribution in [3.8, 4) is 17.2 Å². The third kappa shape index (κ3) is 6.88. The first-order valence-electron chi connectivity index (χ1n) is 15.0. The van der Waals surface area contributed by atoms with Crippen molar-refractivity contribution in [2.45, 2.75) is 93.0 Å². The molecule has 0 aromatic heterocycles. The molecule has 0 aliphatic rings. The van der Waals surface area contributed by atoms with Gasteiger partial charge in [-0.2, -0.15) is 0 Å². The molecule has 0 amide bonds. The van der Waals surface area contributed by atoms with Crippen molar-refractivity contribution < 1.29 is 29.5 Å². The maximum absolute atomic E-state index is 11.2. The van der Waals surface area contributed by atoms with E-state index >= 15 is 0 Å². The number of aryl methyl sites for hydroxylation is 3. The summed E-state index contributed by atoms with van der Waals surface area (Å²) in [6, 6.07) is 12.3. The summed E-state index contributed by atoms with van der Waals surface area (Å²) in [6.45, 7) is 16.6. The van der Waals surface area contributed by atoms with Crippen LogP contribution in [0.2, 0.25) is 0 Å². The molecular weight excluding hydrogens is 516 g/mol. The molecule has 1 atom stereocenters. The number of phenols is 3. The van der Waals surface area contributed by atoms with Crippen LogP contribution < -0.4 is 0 Å². The number of aromatic hydroxyl groups is 3. The lowest BCUT2D eigenvalue weighted by atomic mass is 9.68. The molecule has 6 heteroatoms. The first kappa shape index (κ1) is 32.5. The maximum atomic E-state index is 11.2. The summed E-state index contributed by atoms with van der Waals surface area (Å²) in [4.78, 5) is 0. The van der Waals surface area contributed by atoms with Crippen LogP contribution in [0.15, 0.2) is 36.4 Å². The molecule has 3 N–H and O–H groups in total. The molecule has 224 valence electrons. The van der Waals surface area contributed by atoms with Gasteiger partial charge in [0.25, 0.3) is 0 Å². The van der Waals surface area contributed by atoms with Crippen LogP contribution in [-0.4, -0.2) is 35.1 Å². The fourth-order valence-corrected chi connectivity index (χ4v) is 5.42. The van der Waals surface area contributed by atoms with Crippen LogP contribution >= 0.6 is 0 Å². The second-order valence-electron chi connectivity index (χ2n) is 10.5. The summed E-state index contributed by atoms with van der Waals surface area (Å²) in [6.07, 6.45) is 2.04. The van der Waals surface area contributed by atoms with Crippen molar-refractivity contribution in [3.05, 3.63) is 86.5 Å². The first-order valence-corrected chi connectivity index (χ1v) is 15.0. The highest BCUT2D eigenvalue weighted by molar-refractivity contribution is 5.59. The molecule has 0 aliphatic heterocycles. The second-order valence-corrected chi connectivity index (χ2v) is 10.5. The van der Waals surface area contributed by atoms with E-state index < -0.39 is 5.41 Å². The van der Waals surface area contributed by atoms with Crippen molar-refractivity contribution in [1.29, 1.82) is 0 Å². The standard InChI is InChI=1S/C35H48O6/c1-8-23-14-29(15-24(9-2)32(23)36)35(7,30-16-25(10-3)33(37)26(17-30)20-39-11-4)31-18-27(21-40-12-5)34(38)28(19-31)22-41-13-6/h14-19,36-38H,8-13,20-22H2,1-7H3. The molecule has 0 spiro atoms. The predicted octanol–water partition coefficient (Wildman–Crippen LogP) is 7.45. The quantitative estimate of drug-likeness (QED) is 0.166. The highest BCUT2D eigenvalue weighted by Crippen LogP contribution is 2.45. The molecule has 3 aromatic carbocycles. The van der Waals surface area contributed by atoms with Crippen LogP contribution in [0.3, 0.4) is 0 Å².